The summed E-state index contributed by atoms with van der Waals surface area (Å²) in [6, 6.07) is 8.25. The van der Waals surface area contributed by atoms with Crippen molar-refractivity contribution >= 4 is 39.4 Å². The standard InChI is InChI=1S/C12H10BrNS/c1-9-2-4-11(15-9)5-3-10-6-7-14-12(13)8-10/h2-8H,1H3/b5-3+. The van der Waals surface area contributed by atoms with Crippen LogP contribution in [0.2, 0.25) is 0 Å². The molecule has 0 radical (unpaired) electrons. The maximum Gasteiger partial charge on any atom is 0.106 e. The molecule has 0 saturated heterocycles. The van der Waals surface area contributed by atoms with Crippen LogP contribution in [0.3, 0.4) is 0 Å². The third kappa shape index (κ3) is 3.01. The predicted molar refractivity (Wildman–Crippen MR) is 69.9 cm³/mol. The van der Waals surface area contributed by atoms with E-state index in [1.807, 2.05) is 12.1 Å². The van der Waals surface area contributed by atoms with Crippen molar-refractivity contribution in [2.24, 2.45) is 0 Å². The molecule has 0 N–H and O–H groups in total. The molecule has 1 nitrogen and oxygen atoms in total. The maximum atomic E-state index is 4.08. The average Bonchev–Trinajstić information content (AvgIpc) is 2.62. The molecule has 2 aromatic rings. The van der Waals surface area contributed by atoms with Gasteiger partial charge in [0.1, 0.15) is 4.60 Å². The molecule has 2 rings (SSSR count). The van der Waals surface area contributed by atoms with Gasteiger partial charge in [-0.05, 0) is 58.8 Å². The number of rotatable bonds is 2. The van der Waals surface area contributed by atoms with Crippen molar-refractivity contribution in [3.8, 4) is 0 Å². The Hall–Kier alpha value is -0.930. The van der Waals surface area contributed by atoms with Crippen molar-refractivity contribution in [2.45, 2.75) is 6.92 Å². The van der Waals surface area contributed by atoms with Gasteiger partial charge in [0, 0.05) is 16.0 Å². The Labute approximate surface area is 102 Å². The first kappa shape index (κ1) is 10.6. The van der Waals surface area contributed by atoms with Crippen LogP contribution in [0.15, 0.2) is 35.1 Å². The molecule has 0 spiro atoms. The lowest BCUT2D eigenvalue weighted by molar-refractivity contribution is 1.27. The van der Waals surface area contributed by atoms with E-state index in [2.05, 4.69) is 52.1 Å². The van der Waals surface area contributed by atoms with E-state index >= 15 is 0 Å². The summed E-state index contributed by atoms with van der Waals surface area (Å²) in [5.41, 5.74) is 1.16. The van der Waals surface area contributed by atoms with E-state index in [1.165, 1.54) is 9.75 Å². The summed E-state index contributed by atoms with van der Waals surface area (Å²) in [5, 5.41) is 0. The second kappa shape index (κ2) is 4.73. The molecule has 0 aliphatic heterocycles. The van der Waals surface area contributed by atoms with E-state index < -0.39 is 0 Å². The van der Waals surface area contributed by atoms with Gasteiger partial charge in [0.2, 0.25) is 0 Å². The highest BCUT2D eigenvalue weighted by atomic mass is 79.9. The van der Waals surface area contributed by atoms with Crippen molar-refractivity contribution in [1.82, 2.24) is 4.98 Å². The predicted octanol–water partition coefficient (Wildman–Crippen LogP) is 4.38. The Morgan fingerprint density at radius 1 is 1.27 bits per heavy atom. The van der Waals surface area contributed by atoms with E-state index in [9.17, 15) is 0 Å². The fourth-order valence-corrected chi connectivity index (χ4v) is 2.41. The van der Waals surface area contributed by atoms with Crippen LogP contribution in [0.5, 0.6) is 0 Å². The summed E-state index contributed by atoms with van der Waals surface area (Å²) in [6.45, 7) is 2.12. The van der Waals surface area contributed by atoms with Gasteiger partial charge < -0.3 is 0 Å². The average molecular weight is 280 g/mol. The molecule has 0 aliphatic rings. The summed E-state index contributed by atoms with van der Waals surface area (Å²) in [4.78, 5) is 6.70. The molecule has 3 heteroatoms. The van der Waals surface area contributed by atoms with Crippen LogP contribution in [0, 0.1) is 6.92 Å². The molecule has 0 aromatic carbocycles. The molecule has 2 heterocycles. The van der Waals surface area contributed by atoms with Crippen molar-refractivity contribution in [3.05, 3.63) is 50.4 Å². The van der Waals surface area contributed by atoms with Gasteiger partial charge in [-0.3, -0.25) is 0 Å². The molecule has 0 bridgehead atoms. The van der Waals surface area contributed by atoms with E-state index in [1.54, 1.807) is 17.5 Å². The van der Waals surface area contributed by atoms with E-state index in [4.69, 9.17) is 0 Å². The number of pyridine rings is 1. The minimum Gasteiger partial charge on any atom is -0.249 e. The van der Waals surface area contributed by atoms with Crippen molar-refractivity contribution < 1.29 is 0 Å². The second-order valence-corrected chi connectivity index (χ2v) is 5.33. The first-order chi connectivity index (χ1) is 7.24. The van der Waals surface area contributed by atoms with Gasteiger partial charge in [0.05, 0.1) is 0 Å². The highest BCUT2D eigenvalue weighted by Gasteiger charge is 1.92. The Balaban J connectivity index is 2.18. The summed E-state index contributed by atoms with van der Waals surface area (Å²) >= 11 is 5.15. The van der Waals surface area contributed by atoms with Gasteiger partial charge in [-0.15, -0.1) is 11.3 Å². The number of thiophene rings is 1. The highest BCUT2D eigenvalue weighted by molar-refractivity contribution is 9.10. The molecule has 0 aliphatic carbocycles. The van der Waals surface area contributed by atoms with Crippen LogP contribution in [-0.2, 0) is 0 Å². The molecule has 0 fully saturated rings. The molecule has 2 aromatic heterocycles. The topological polar surface area (TPSA) is 12.9 Å². The van der Waals surface area contributed by atoms with Crippen LogP contribution in [0.4, 0.5) is 0 Å². The molecule has 0 unspecified atom stereocenters. The Kier molecular flexibility index (Phi) is 3.34. The third-order valence-corrected chi connectivity index (χ3v) is 3.35. The molecular formula is C12H10BrNS. The molecule has 0 saturated carbocycles. The zero-order valence-electron chi connectivity index (χ0n) is 8.27. The molecule has 76 valence electrons. The molecule has 0 atom stereocenters. The summed E-state index contributed by atoms with van der Waals surface area (Å²) in [6.07, 6.45) is 6.01. The van der Waals surface area contributed by atoms with Gasteiger partial charge in [-0.25, -0.2) is 4.98 Å². The summed E-state index contributed by atoms with van der Waals surface area (Å²) in [7, 11) is 0. The first-order valence-corrected chi connectivity index (χ1v) is 6.21. The van der Waals surface area contributed by atoms with Crippen molar-refractivity contribution in [3.63, 3.8) is 0 Å². The SMILES string of the molecule is Cc1ccc(/C=C/c2ccnc(Br)c2)s1. The lowest BCUT2D eigenvalue weighted by Gasteiger charge is -1.92. The number of aromatic nitrogens is 1. The fourth-order valence-electron chi connectivity index (χ4n) is 1.24. The van der Waals surface area contributed by atoms with Gasteiger partial charge in [-0.2, -0.15) is 0 Å². The van der Waals surface area contributed by atoms with Crippen LogP contribution >= 0.6 is 27.3 Å². The van der Waals surface area contributed by atoms with E-state index in [0.29, 0.717) is 0 Å². The number of nitrogens with zero attached hydrogens (tertiary/aromatic N) is 1. The minimum atomic E-state index is 0.868. The van der Waals surface area contributed by atoms with Crippen molar-refractivity contribution in [1.29, 1.82) is 0 Å². The maximum absolute atomic E-state index is 4.08. The third-order valence-electron chi connectivity index (χ3n) is 1.95. The van der Waals surface area contributed by atoms with Gasteiger partial charge >= 0.3 is 0 Å². The molecular weight excluding hydrogens is 270 g/mol. The van der Waals surface area contributed by atoms with Crippen LogP contribution in [0.1, 0.15) is 15.3 Å². The zero-order chi connectivity index (χ0) is 10.7. The lowest BCUT2D eigenvalue weighted by atomic mass is 10.2. The smallest absolute Gasteiger partial charge is 0.106 e. The van der Waals surface area contributed by atoms with E-state index in [-0.39, 0.29) is 0 Å². The lowest BCUT2D eigenvalue weighted by Crippen LogP contribution is -1.75. The Bertz CT molecular complexity index is 488. The fraction of sp³-hybridized carbons (Fsp3) is 0.0833. The number of hydrogen-bond acceptors (Lipinski definition) is 2. The van der Waals surface area contributed by atoms with Crippen LogP contribution in [-0.4, -0.2) is 4.98 Å². The second-order valence-electron chi connectivity index (χ2n) is 3.19. The Morgan fingerprint density at radius 2 is 2.13 bits per heavy atom. The highest BCUT2D eigenvalue weighted by Crippen LogP contribution is 2.18. The molecule has 15 heavy (non-hydrogen) atoms. The first-order valence-electron chi connectivity index (χ1n) is 4.60. The minimum absolute atomic E-state index is 0.868. The number of aryl methyl sites for hydroxylation is 1. The number of halogens is 1. The zero-order valence-corrected chi connectivity index (χ0v) is 10.7. The normalized spacial score (nSPS) is 11.1. The monoisotopic (exact) mass is 279 g/mol. The van der Waals surface area contributed by atoms with Crippen molar-refractivity contribution in [2.75, 3.05) is 0 Å². The van der Waals surface area contributed by atoms with Gasteiger partial charge in [-0.1, -0.05) is 6.08 Å². The largest absolute Gasteiger partial charge is 0.249 e. The van der Waals surface area contributed by atoms with Crippen LogP contribution in [0.25, 0.3) is 12.2 Å². The summed E-state index contributed by atoms with van der Waals surface area (Å²) < 4.78 is 0.868. The van der Waals surface area contributed by atoms with Gasteiger partial charge in [0.15, 0.2) is 0 Å². The number of hydrogen-bond donors (Lipinski definition) is 0. The quantitative estimate of drug-likeness (QED) is 0.744. The van der Waals surface area contributed by atoms with Crippen LogP contribution < -0.4 is 0 Å². The van der Waals surface area contributed by atoms with Gasteiger partial charge in [0.25, 0.3) is 0 Å². The Morgan fingerprint density at radius 3 is 2.80 bits per heavy atom. The van der Waals surface area contributed by atoms with E-state index in [0.717, 1.165) is 10.2 Å². The summed E-state index contributed by atoms with van der Waals surface area (Å²) in [5.74, 6) is 0. The molecule has 0 amide bonds.